The molecule has 0 aromatic carbocycles. The summed E-state index contributed by atoms with van der Waals surface area (Å²) in [6.45, 7) is 4.48. The van der Waals surface area contributed by atoms with Gasteiger partial charge >= 0.3 is 0 Å². The number of nitrogens with two attached hydrogens (primary N) is 1. The Morgan fingerprint density at radius 2 is 2.00 bits per heavy atom. The highest BCUT2D eigenvalue weighted by Gasteiger charge is 2.36. The second kappa shape index (κ2) is 9.79. The number of carbonyl (C=O) groups excluding carboxylic acids is 2. The molecule has 0 bridgehead atoms. The average molecular weight is 514 g/mol. The first-order chi connectivity index (χ1) is 16.9. The molecule has 3 aliphatic carbocycles. The van der Waals surface area contributed by atoms with Crippen LogP contribution in [0.4, 0.5) is 10.8 Å². The Balaban J connectivity index is 1.47. The number of thiophene rings is 1. The molecule has 5 N–H and O–H groups in total. The monoisotopic (exact) mass is 513 g/mol. The van der Waals surface area contributed by atoms with Crippen molar-refractivity contribution in [2.24, 2.45) is 17.7 Å². The molecule has 1 atom stereocenters. The summed E-state index contributed by atoms with van der Waals surface area (Å²) in [6, 6.07) is -0.0571. The van der Waals surface area contributed by atoms with Gasteiger partial charge < -0.3 is 16.1 Å². The standard InChI is InChI=1S/C24H31N7O2S2/c1-12-10-26-20(13(2)28-12)31(24(34)30-25)16-7-8-18-17(9-16)19(22(33)27-11-14-3-4-14)23(35-18)29-21(32)15-5-6-15/h10,14-16H,3-9,11,25H2,1-2H3,(H,27,33)(H,29,32)(H,30,34)/t16-/m0/s1. The number of amides is 2. The van der Waals surface area contributed by atoms with E-state index in [2.05, 4.69) is 26.0 Å². The molecule has 2 aromatic rings. The molecule has 11 heteroatoms. The second-order valence-corrected chi connectivity index (χ2v) is 11.3. The fourth-order valence-corrected chi connectivity index (χ4v) is 6.13. The smallest absolute Gasteiger partial charge is 0.254 e. The van der Waals surface area contributed by atoms with Gasteiger partial charge in [-0.3, -0.25) is 19.5 Å². The molecule has 0 unspecified atom stereocenters. The first kappa shape index (κ1) is 24.1. The first-order valence-electron chi connectivity index (χ1n) is 12.2. The third-order valence-electron chi connectivity index (χ3n) is 6.87. The number of hydrazine groups is 1. The van der Waals surface area contributed by atoms with Gasteiger partial charge in [0.15, 0.2) is 10.9 Å². The van der Waals surface area contributed by atoms with Crippen LogP contribution >= 0.6 is 23.6 Å². The van der Waals surface area contributed by atoms with Crippen LogP contribution in [0, 0.1) is 25.7 Å². The lowest BCUT2D eigenvalue weighted by Crippen LogP contribution is -2.51. The van der Waals surface area contributed by atoms with Crippen molar-refractivity contribution in [3.63, 3.8) is 0 Å². The fraction of sp³-hybridized carbons (Fsp3) is 0.542. The summed E-state index contributed by atoms with van der Waals surface area (Å²) in [5.41, 5.74) is 5.78. The third kappa shape index (κ3) is 5.17. The fourth-order valence-electron chi connectivity index (χ4n) is 4.65. The van der Waals surface area contributed by atoms with E-state index in [9.17, 15) is 9.59 Å². The summed E-state index contributed by atoms with van der Waals surface area (Å²) >= 11 is 7.11. The number of anilines is 2. The van der Waals surface area contributed by atoms with E-state index in [0.717, 1.165) is 60.4 Å². The minimum atomic E-state index is -0.112. The Kier molecular flexibility index (Phi) is 6.73. The molecule has 0 saturated heterocycles. The van der Waals surface area contributed by atoms with Crippen LogP contribution in [0.1, 0.15) is 64.3 Å². The number of thiocarbonyl (C=S) groups is 1. The first-order valence-corrected chi connectivity index (χ1v) is 13.4. The van der Waals surface area contributed by atoms with E-state index in [-0.39, 0.29) is 23.8 Å². The van der Waals surface area contributed by atoms with Gasteiger partial charge in [-0.05, 0) is 82.5 Å². The van der Waals surface area contributed by atoms with Crippen molar-refractivity contribution >= 4 is 51.3 Å². The molecule has 5 rings (SSSR count). The van der Waals surface area contributed by atoms with Gasteiger partial charge in [0.1, 0.15) is 5.00 Å². The van der Waals surface area contributed by atoms with Crippen LogP contribution in [0.3, 0.4) is 0 Å². The van der Waals surface area contributed by atoms with Crippen molar-refractivity contribution in [2.45, 2.75) is 64.8 Å². The largest absolute Gasteiger partial charge is 0.352 e. The highest BCUT2D eigenvalue weighted by molar-refractivity contribution is 7.80. The van der Waals surface area contributed by atoms with E-state index in [1.54, 1.807) is 6.20 Å². The quantitative estimate of drug-likeness (QED) is 0.253. The Labute approximate surface area is 214 Å². The Morgan fingerprint density at radius 1 is 1.23 bits per heavy atom. The van der Waals surface area contributed by atoms with E-state index >= 15 is 0 Å². The minimum Gasteiger partial charge on any atom is -0.352 e. The highest BCUT2D eigenvalue weighted by Crippen LogP contribution is 2.41. The van der Waals surface area contributed by atoms with Gasteiger partial charge in [-0.25, -0.2) is 10.8 Å². The average Bonchev–Trinajstić information content (AvgIpc) is 3.75. The topological polar surface area (TPSA) is 125 Å². The molecule has 3 aliphatic rings. The van der Waals surface area contributed by atoms with E-state index < -0.39 is 0 Å². The molecule has 0 aliphatic heterocycles. The zero-order valence-corrected chi connectivity index (χ0v) is 21.7. The van der Waals surface area contributed by atoms with E-state index in [1.807, 2.05) is 18.7 Å². The molecule has 2 heterocycles. The summed E-state index contributed by atoms with van der Waals surface area (Å²) in [6.07, 6.45) is 8.03. The van der Waals surface area contributed by atoms with E-state index in [0.29, 0.717) is 40.4 Å². The van der Waals surface area contributed by atoms with Crippen LogP contribution in [-0.4, -0.2) is 39.5 Å². The summed E-state index contributed by atoms with van der Waals surface area (Å²) in [5, 5.41) is 7.19. The van der Waals surface area contributed by atoms with Gasteiger partial charge in [-0.2, -0.15) is 0 Å². The van der Waals surface area contributed by atoms with Crippen LogP contribution in [0.5, 0.6) is 0 Å². The maximum atomic E-state index is 13.4. The predicted octanol–water partition coefficient (Wildman–Crippen LogP) is 2.76. The zero-order valence-electron chi connectivity index (χ0n) is 20.0. The number of aromatic nitrogens is 2. The van der Waals surface area contributed by atoms with Crippen LogP contribution in [0.15, 0.2) is 6.20 Å². The number of fused-ring (bicyclic) bond motifs is 1. The summed E-state index contributed by atoms with van der Waals surface area (Å²) in [5.74, 6) is 6.93. The van der Waals surface area contributed by atoms with E-state index in [1.165, 1.54) is 11.3 Å². The van der Waals surface area contributed by atoms with Crippen LogP contribution in [-0.2, 0) is 17.6 Å². The zero-order chi connectivity index (χ0) is 24.7. The number of nitrogens with one attached hydrogen (secondary N) is 3. The molecular weight excluding hydrogens is 482 g/mol. The van der Waals surface area contributed by atoms with Gasteiger partial charge in [0.2, 0.25) is 5.91 Å². The summed E-state index contributed by atoms with van der Waals surface area (Å²) < 4.78 is 0. The lowest BCUT2D eigenvalue weighted by atomic mass is 9.90. The third-order valence-corrected chi connectivity index (χ3v) is 8.39. The normalized spacial score (nSPS) is 19.0. The Morgan fingerprint density at radius 3 is 2.66 bits per heavy atom. The molecule has 2 aromatic heterocycles. The molecule has 9 nitrogen and oxygen atoms in total. The van der Waals surface area contributed by atoms with Gasteiger partial charge in [-0.1, -0.05) is 0 Å². The maximum Gasteiger partial charge on any atom is 0.254 e. The Hall–Kier alpha value is -2.63. The molecule has 0 spiro atoms. The van der Waals surface area contributed by atoms with Gasteiger partial charge in [0.05, 0.1) is 23.1 Å². The molecule has 35 heavy (non-hydrogen) atoms. The molecule has 0 radical (unpaired) electrons. The molecular formula is C24H31N7O2S2. The SMILES string of the molecule is Cc1cnc(N(C(=S)NN)[C@H]2CCc3sc(NC(=O)C4CC4)c(C(=O)NCC4CC4)c3C2)c(C)n1. The van der Waals surface area contributed by atoms with Crippen molar-refractivity contribution in [2.75, 3.05) is 16.8 Å². The molecule has 186 valence electrons. The van der Waals surface area contributed by atoms with Crippen LogP contribution < -0.4 is 26.8 Å². The number of carbonyl (C=O) groups is 2. The van der Waals surface area contributed by atoms with Gasteiger partial charge in [-0.15, -0.1) is 11.3 Å². The minimum absolute atomic E-state index is 0.0112. The van der Waals surface area contributed by atoms with Gasteiger partial charge in [0, 0.05) is 23.4 Å². The highest BCUT2D eigenvalue weighted by atomic mass is 32.1. The molecule has 2 saturated carbocycles. The van der Waals surface area contributed by atoms with Crippen LogP contribution in [0.2, 0.25) is 0 Å². The van der Waals surface area contributed by atoms with Crippen molar-refractivity contribution in [3.8, 4) is 0 Å². The second-order valence-electron chi connectivity index (χ2n) is 9.76. The van der Waals surface area contributed by atoms with Crippen molar-refractivity contribution in [1.29, 1.82) is 0 Å². The number of rotatable bonds is 7. The van der Waals surface area contributed by atoms with E-state index in [4.69, 9.17) is 18.1 Å². The van der Waals surface area contributed by atoms with Crippen molar-refractivity contribution < 1.29 is 9.59 Å². The van der Waals surface area contributed by atoms with Crippen LogP contribution in [0.25, 0.3) is 0 Å². The Bertz CT molecular complexity index is 1170. The number of hydrogen-bond donors (Lipinski definition) is 4. The molecule has 2 amide bonds. The number of aryl methyl sites for hydroxylation is 3. The number of nitrogens with zero attached hydrogens (tertiary/aromatic N) is 3. The lowest BCUT2D eigenvalue weighted by molar-refractivity contribution is -0.117. The maximum absolute atomic E-state index is 13.4. The predicted molar refractivity (Wildman–Crippen MR) is 140 cm³/mol. The summed E-state index contributed by atoms with van der Waals surface area (Å²) in [7, 11) is 0. The van der Waals surface area contributed by atoms with Crippen molar-refractivity contribution in [1.82, 2.24) is 20.7 Å². The lowest BCUT2D eigenvalue weighted by Gasteiger charge is -2.35. The number of hydrogen-bond acceptors (Lipinski definition) is 7. The van der Waals surface area contributed by atoms with Crippen molar-refractivity contribution in [3.05, 3.63) is 33.6 Å². The molecule has 2 fully saturated rings. The van der Waals surface area contributed by atoms with Gasteiger partial charge in [0.25, 0.3) is 5.91 Å². The summed E-state index contributed by atoms with van der Waals surface area (Å²) in [4.78, 5) is 38.2.